The van der Waals surface area contributed by atoms with Crippen LogP contribution >= 0.6 is 0 Å². The molecule has 0 saturated heterocycles. The van der Waals surface area contributed by atoms with E-state index in [0.717, 1.165) is 11.1 Å². The maximum atomic E-state index is 12.7. The minimum atomic E-state index is -0.316. The molecule has 31 heavy (non-hydrogen) atoms. The molecule has 0 atom stereocenters. The van der Waals surface area contributed by atoms with Gasteiger partial charge in [0.05, 0.1) is 12.1 Å². The van der Waals surface area contributed by atoms with Gasteiger partial charge in [0.15, 0.2) is 0 Å². The van der Waals surface area contributed by atoms with Crippen LogP contribution in [0, 0.1) is 18.3 Å². The van der Waals surface area contributed by atoms with Crippen molar-refractivity contribution in [1.29, 1.82) is 5.26 Å². The Balaban J connectivity index is 1.92. The summed E-state index contributed by atoms with van der Waals surface area (Å²) in [5.41, 5.74) is 9.41. The molecule has 1 amide bonds. The number of phenols is 2. The number of aryl methyl sites for hydroxylation is 1. The number of aromatic nitrogens is 1. The third-order valence-corrected chi connectivity index (χ3v) is 5.02. The lowest BCUT2D eigenvalue weighted by atomic mass is 9.98. The Morgan fingerprint density at radius 1 is 1.16 bits per heavy atom. The molecule has 0 fully saturated rings. The van der Waals surface area contributed by atoms with Crippen LogP contribution in [0.1, 0.15) is 42.1 Å². The summed E-state index contributed by atoms with van der Waals surface area (Å²) in [7, 11) is 0. The Hall–Kier alpha value is -4.05. The zero-order valence-electron chi connectivity index (χ0n) is 17.6. The molecule has 0 unspecified atom stereocenters. The summed E-state index contributed by atoms with van der Waals surface area (Å²) in [5, 5.41) is 32.7. The molecule has 0 aliphatic heterocycles. The SMILES string of the molecule is Cc1cc(O)c(C(C)C)cc1NC(=O)Cc1cc(-c2ccccc2O)c(C#N)c(N)n1. The molecule has 3 aromatic rings. The largest absolute Gasteiger partial charge is 0.508 e. The average molecular weight is 416 g/mol. The van der Waals surface area contributed by atoms with Gasteiger partial charge in [0.1, 0.15) is 28.9 Å². The van der Waals surface area contributed by atoms with E-state index < -0.39 is 0 Å². The van der Waals surface area contributed by atoms with Crippen molar-refractivity contribution in [1.82, 2.24) is 4.98 Å². The zero-order valence-corrected chi connectivity index (χ0v) is 17.6. The monoisotopic (exact) mass is 416 g/mol. The van der Waals surface area contributed by atoms with E-state index in [-0.39, 0.29) is 41.1 Å². The zero-order chi connectivity index (χ0) is 22.7. The van der Waals surface area contributed by atoms with Gasteiger partial charge in [-0.05, 0) is 48.2 Å². The van der Waals surface area contributed by atoms with Crippen molar-refractivity contribution in [3.8, 4) is 28.7 Å². The second-order valence-electron chi connectivity index (χ2n) is 7.66. The van der Waals surface area contributed by atoms with Crippen LogP contribution < -0.4 is 11.1 Å². The highest BCUT2D eigenvalue weighted by Crippen LogP contribution is 2.34. The summed E-state index contributed by atoms with van der Waals surface area (Å²) in [5.74, 6) is -0.0325. The number of phenolic OH excluding ortho intramolecular Hbond substituents is 2. The van der Waals surface area contributed by atoms with Gasteiger partial charge >= 0.3 is 0 Å². The second-order valence-corrected chi connectivity index (χ2v) is 7.66. The number of carbonyl (C=O) groups is 1. The van der Waals surface area contributed by atoms with Crippen LogP contribution in [0.3, 0.4) is 0 Å². The molecule has 0 aliphatic rings. The predicted octanol–water partition coefficient (Wildman–Crippen LogP) is 4.23. The minimum Gasteiger partial charge on any atom is -0.508 e. The van der Waals surface area contributed by atoms with Gasteiger partial charge in [-0.2, -0.15) is 5.26 Å². The van der Waals surface area contributed by atoms with E-state index in [1.807, 2.05) is 19.9 Å². The number of anilines is 2. The topological polar surface area (TPSA) is 132 Å². The normalized spacial score (nSPS) is 10.7. The number of nitrogens with two attached hydrogens (primary N) is 1. The maximum absolute atomic E-state index is 12.7. The van der Waals surface area contributed by atoms with Crippen molar-refractivity contribution in [2.24, 2.45) is 0 Å². The number of benzene rings is 2. The number of amides is 1. The van der Waals surface area contributed by atoms with E-state index in [0.29, 0.717) is 22.5 Å². The number of hydrogen-bond acceptors (Lipinski definition) is 6. The fourth-order valence-corrected chi connectivity index (χ4v) is 3.41. The molecule has 0 spiro atoms. The summed E-state index contributed by atoms with van der Waals surface area (Å²) in [4.78, 5) is 16.9. The minimum absolute atomic E-state index is 0.000865. The highest BCUT2D eigenvalue weighted by Gasteiger charge is 2.17. The van der Waals surface area contributed by atoms with E-state index in [2.05, 4.69) is 10.3 Å². The molecule has 2 aromatic carbocycles. The van der Waals surface area contributed by atoms with Crippen molar-refractivity contribution in [2.75, 3.05) is 11.1 Å². The molecule has 158 valence electrons. The predicted molar refractivity (Wildman–Crippen MR) is 120 cm³/mol. The molecular weight excluding hydrogens is 392 g/mol. The molecule has 0 radical (unpaired) electrons. The first-order valence-corrected chi connectivity index (χ1v) is 9.82. The molecule has 0 bridgehead atoms. The molecule has 0 aliphatic carbocycles. The number of aromatic hydroxyl groups is 2. The van der Waals surface area contributed by atoms with E-state index in [1.54, 1.807) is 43.3 Å². The summed E-state index contributed by atoms with van der Waals surface area (Å²) >= 11 is 0. The average Bonchev–Trinajstić information content (AvgIpc) is 2.69. The van der Waals surface area contributed by atoms with Gasteiger partial charge in [-0.3, -0.25) is 4.79 Å². The number of nitriles is 1. The van der Waals surface area contributed by atoms with Crippen molar-refractivity contribution in [3.63, 3.8) is 0 Å². The number of nitrogen functional groups attached to an aromatic ring is 1. The number of para-hydroxylation sites is 1. The number of nitrogens with zero attached hydrogens (tertiary/aromatic N) is 2. The van der Waals surface area contributed by atoms with Gasteiger partial charge < -0.3 is 21.3 Å². The smallest absolute Gasteiger partial charge is 0.230 e. The van der Waals surface area contributed by atoms with Gasteiger partial charge in [-0.25, -0.2) is 4.98 Å². The van der Waals surface area contributed by atoms with Crippen LogP contribution in [-0.2, 0) is 11.2 Å². The fraction of sp³-hybridized carbons (Fsp3) is 0.208. The van der Waals surface area contributed by atoms with Gasteiger partial charge in [0.2, 0.25) is 5.91 Å². The lowest BCUT2D eigenvalue weighted by Crippen LogP contribution is -2.17. The quantitative estimate of drug-likeness (QED) is 0.460. The highest BCUT2D eigenvalue weighted by molar-refractivity contribution is 5.93. The van der Waals surface area contributed by atoms with Crippen LogP contribution in [0.15, 0.2) is 42.5 Å². The molecule has 1 aromatic heterocycles. The highest BCUT2D eigenvalue weighted by atomic mass is 16.3. The Bertz CT molecular complexity index is 1200. The van der Waals surface area contributed by atoms with Crippen molar-refractivity contribution < 1.29 is 15.0 Å². The van der Waals surface area contributed by atoms with E-state index in [1.165, 1.54) is 6.07 Å². The molecule has 0 saturated carbocycles. The van der Waals surface area contributed by atoms with Crippen LogP contribution in [-0.4, -0.2) is 21.1 Å². The number of rotatable bonds is 5. The van der Waals surface area contributed by atoms with Gasteiger partial charge in [0, 0.05) is 16.8 Å². The first-order valence-electron chi connectivity index (χ1n) is 9.82. The molecule has 7 heteroatoms. The fourth-order valence-electron chi connectivity index (χ4n) is 3.41. The Morgan fingerprint density at radius 2 is 1.87 bits per heavy atom. The van der Waals surface area contributed by atoms with Gasteiger partial charge in [-0.1, -0.05) is 32.0 Å². The summed E-state index contributed by atoms with van der Waals surface area (Å²) in [6.07, 6.45) is -0.0756. The van der Waals surface area contributed by atoms with Crippen molar-refractivity contribution >= 4 is 17.4 Å². The van der Waals surface area contributed by atoms with Gasteiger partial charge in [0.25, 0.3) is 0 Å². The molecular formula is C24H24N4O3. The summed E-state index contributed by atoms with van der Waals surface area (Å²) in [6.45, 7) is 5.72. The molecule has 1 heterocycles. The van der Waals surface area contributed by atoms with Crippen molar-refractivity contribution in [2.45, 2.75) is 33.1 Å². The summed E-state index contributed by atoms with van der Waals surface area (Å²) < 4.78 is 0. The molecule has 7 nitrogen and oxygen atoms in total. The lowest BCUT2D eigenvalue weighted by molar-refractivity contribution is -0.115. The number of hydrogen-bond donors (Lipinski definition) is 4. The third kappa shape index (κ3) is 4.59. The first-order chi connectivity index (χ1) is 14.7. The third-order valence-electron chi connectivity index (χ3n) is 5.02. The molecule has 5 N–H and O–H groups in total. The molecule has 3 rings (SSSR count). The Kier molecular flexibility index (Phi) is 6.12. The Labute approximate surface area is 180 Å². The van der Waals surface area contributed by atoms with E-state index >= 15 is 0 Å². The maximum Gasteiger partial charge on any atom is 0.230 e. The first kappa shape index (κ1) is 21.7. The lowest BCUT2D eigenvalue weighted by Gasteiger charge is -2.15. The van der Waals surface area contributed by atoms with Crippen LogP contribution in [0.4, 0.5) is 11.5 Å². The van der Waals surface area contributed by atoms with Gasteiger partial charge in [-0.15, -0.1) is 0 Å². The standard InChI is InChI=1S/C24H24N4O3/c1-13(2)17-11-20(14(3)8-22(17)30)28-23(31)10-15-9-18(19(12-25)24(26)27-15)16-6-4-5-7-21(16)29/h4-9,11,13,29-30H,10H2,1-3H3,(H2,26,27)(H,28,31). The number of nitrogens with one attached hydrogen (secondary N) is 1. The van der Waals surface area contributed by atoms with Crippen LogP contribution in [0.25, 0.3) is 11.1 Å². The van der Waals surface area contributed by atoms with E-state index in [4.69, 9.17) is 5.73 Å². The number of carbonyl (C=O) groups excluding carboxylic acids is 1. The van der Waals surface area contributed by atoms with E-state index in [9.17, 15) is 20.3 Å². The Morgan fingerprint density at radius 3 is 2.52 bits per heavy atom. The van der Waals surface area contributed by atoms with Crippen molar-refractivity contribution in [3.05, 3.63) is 64.8 Å². The second kappa shape index (κ2) is 8.76. The summed E-state index contributed by atoms with van der Waals surface area (Å²) in [6, 6.07) is 13.6. The number of pyridine rings is 1. The van der Waals surface area contributed by atoms with Crippen LogP contribution in [0.5, 0.6) is 11.5 Å². The van der Waals surface area contributed by atoms with Crippen LogP contribution in [0.2, 0.25) is 0 Å².